The first-order valence-corrected chi connectivity index (χ1v) is 7.73. The summed E-state index contributed by atoms with van der Waals surface area (Å²) in [6.07, 6.45) is 1.55. The van der Waals surface area contributed by atoms with E-state index in [1.54, 1.807) is 36.6 Å². The van der Waals surface area contributed by atoms with Crippen LogP contribution in [0.1, 0.15) is 18.2 Å². The number of carbonyl (C=O) groups excluding carboxylic acids is 1. The fourth-order valence-electron chi connectivity index (χ4n) is 1.96. The molecule has 1 aromatic carbocycles. The minimum atomic E-state index is -0.298. The average Bonchev–Trinajstić information content (AvgIpc) is 3.10. The summed E-state index contributed by atoms with van der Waals surface area (Å²) in [5.74, 6) is 0.647. The Labute approximate surface area is 140 Å². The molecule has 0 radical (unpaired) electrons. The molecular formula is C17H21FN4O2. The second-order valence-electron chi connectivity index (χ2n) is 5.00. The molecule has 6 nitrogen and oxygen atoms in total. The van der Waals surface area contributed by atoms with Gasteiger partial charge < -0.3 is 20.4 Å². The molecule has 2 rings (SSSR count). The molecule has 0 bridgehead atoms. The van der Waals surface area contributed by atoms with Gasteiger partial charge in [0.15, 0.2) is 5.96 Å². The Bertz CT molecular complexity index is 671. The maximum Gasteiger partial charge on any atom is 0.239 e. The van der Waals surface area contributed by atoms with Gasteiger partial charge in [0, 0.05) is 12.1 Å². The summed E-state index contributed by atoms with van der Waals surface area (Å²) in [6, 6.07) is 10.0. The van der Waals surface area contributed by atoms with Crippen LogP contribution < -0.4 is 16.0 Å². The van der Waals surface area contributed by atoms with Crippen LogP contribution in [0, 0.1) is 5.82 Å². The van der Waals surface area contributed by atoms with E-state index in [4.69, 9.17) is 4.42 Å². The molecule has 0 fully saturated rings. The first-order chi connectivity index (χ1) is 11.7. The van der Waals surface area contributed by atoms with Crippen LogP contribution in [-0.4, -0.2) is 25.0 Å². The maximum atomic E-state index is 13.6. The SMILES string of the molecule is CCNC(=NCc1ccccc1F)NCC(=O)NCc1ccco1. The van der Waals surface area contributed by atoms with Crippen LogP contribution in [0.2, 0.25) is 0 Å². The summed E-state index contributed by atoms with van der Waals surface area (Å²) in [4.78, 5) is 16.1. The van der Waals surface area contributed by atoms with Crippen molar-refractivity contribution in [3.05, 3.63) is 59.8 Å². The Morgan fingerprint density at radius 3 is 2.71 bits per heavy atom. The van der Waals surface area contributed by atoms with Gasteiger partial charge in [0.25, 0.3) is 0 Å². The molecule has 3 N–H and O–H groups in total. The number of furan rings is 1. The Morgan fingerprint density at radius 2 is 2.00 bits per heavy atom. The Hall–Kier alpha value is -2.83. The molecule has 0 saturated carbocycles. The van der Waals surface area contributed by atoms with Crippen molar-refractivity contribution in [2.45, 2.75) is 20.0 Å². The highest BCUT2D eigenvalue weighted by molar-refractivity contribution is 5.86. The van der Waals surface area contributed by atoms with Crippen LogP contribution >= 0.6 is 0 Å². The third kappa shape index (κ3) is 5.75. The third-order valence-corrected chi connectivity index (χ3v) is 3.17. The zero-order valence-corrected chi connectivity index (χ0v) is 13.5. The highest BCUT2D eigenvalue weighted by atomic mass is 19.1. The fourth-order valence-corrected chi connectivity index (χ4v) is 1.96. The summed E-state index contributed by atoms with van der Waals surface area (Å²) in [5, 5.41) is 8.66. The molecule has 24 heavy (non-hydrogen) atoms. The summed E-state index contributed by atoms with van der Waals surface area (Å²) < 4.78 is 18.7. The Kier molecular flexibility index (Phi) is 6.82. The highest BCUT2D eigenvalue weighted by Crippen LogP contribution is 2.07. The number of benzene rings is 1. The van der Waals surface area contributed by atoms with Gasteiger partial charge in [-0.1, -0.05) is 18.2 Å². The second-order valence-corrected chi connectivity index (χ2v) is 5.00. The van der Waals surface area contributed by atoms with Crippen molar-refractivity contribution in [2.75, 3.05) is 13.1 Å². The molecule has 1 amide bonds. The van der Waals surface area contributed by atoms with E-state index in [9.17, 15) is 9.18 Å². The van der Waals surface area contributed by atoms with Crippen molar-refractivity contribution < 1.29 is 13.6 Å². The lowest BCUT2D eigenvalue weighted by atomic mass is 10.2. The zero-order chi connectivity index (χ0) is 17.2. The Balaban J connectivity index is 1.82. The predicted octanol–water partition coefficient (Wildman–Crippen LogP) is 1.79. The van der Waals surface area contributed by atoms with Gasteiger partial charge in [-0.2, -0.15) is 0 Å². The number of hydrogen-bond acceptors (Lipinski definition) is 3. The molecule has 1 aromatic heterocycles. The minimum absolute atomic E-state index is 0.0593. The van der Waals surface area contributed by atoms with Crippen LogP contribution in [-0.2, 0) is 17.9 Å². The fraction of sp³-hybridized carbons (Fsp3) is 0.294. The third-order valence-electron chi connectivity index (χ3n) is 3.17. The van der Waals surface area contributed by atoms with E-state index in [0.29, 0.717) is 30.4 Å². The maximum absolute atomic E-state index is 13.6. The van der Waals surface area contributed by atoms with Crippen molar-refractivity contribution in [1.82, 2.24) is 16.0 Å². The predicted molar refractivity (Wildman–Crippen MR) is 89.8 cm³/mol. The molecule has 0 atom stereocenters. The van der Waals surface area contributed by atoms with Gasteiger partial charge in [0.1, 0.15) is 11.6 Å². The zero-order valence-electron chi connectivity index (χ0n) is 13.5. The quantitative estimate of drug-likeness (QED) is 0.533. The first-order valence-electron chi connectivity index (χ1n) is 7.73. The van der Waals surface area contributed by atoms with Crippen LogP contribution in [0.4, 0.5) is 4.39 Å². The largest absolute Gasteiger partial charge is 0.467 e. The van der Waals surface area contributed by atoms with E-state index in [1.807, 2.05) is 6.92 Å². The second kappa shape index (κ2) is 9.34. The molecule has 0 unspecified atom stereocenters. The van der Waals surface area contributed by atoms with E-state index in [-0.39, 0.29) is 24.8 Å². The first kappa shape index (κ1) is 17.5. The molecule has 0 aliphatic rings. The van der Waals surface area contributed by atoms with Gasteiger partial charge in [0.2, 0.25) is 5.91 Å². The van der Waals surface area contributed by atoms with Crippen molar-refractivity contribution >= 4 is 11.9 Å². The lowest BCUT2D eigenvalue weighted by molar-refractivity contribution is -0.120. The van der Waals surface area contributed by atoms with E-state index >= 15 is 0 Å². The van der Waals surface area contributed by atoms with Gasteiger partial charge in [-0.05, 0) is 25.1 Å². The lowest BCUT2D eigenvalue weighted by Gasteiger charge is -2.11. The normalized spacial score (nSPS) is 11.2. The summed E-state index contributed by atoms with van der Waals surface area (Å²) in [6.45, 7) is 3.13. The van der Waals surface area contributed by atoms with E-state index in [0.717, 1.165) is 0 Å². The number of rotatable bonds is 7. The number of nitrogens with one attached hydrogen (secondary N) is 3. The van der Waals surface area contributed by atoms with Crippen LogP contribution in [0.3, 0.4) is 0 Å². The van der Waals surface area contributed by atoms with Crippen molar-refractivity contribution in [3.63, 3.8) is 0 Å². The van der Waals surface area contributed by atoms with Crippen LogP contribution in [0.5, 0.6) is 0 Å². The number of halogens is 1. The topological polar surface area (TPSA) is 78.7 Å². The van der Waals surface area contributed by atoms with Crippen molar-refractivity contribution in [3.8, 4) is 0 Å². The molecule has 7 heteroatoms. The van der Waals surface area contributed by atoms with Crippen molar-refractivity contribution in [2.24, 2.45) is 4.99 Å². The smallest absolute Gasteiger partial charge is 0.239 e. The van der Waals surface area contributed by atoms with Gasteiger partial charge in [-0.15, -0.1) is 0 Å². The van der Waals surface area contributed by atoms with E-state index in [2.05, 4.69) is 20.9 Å². The Morgan fingerprint density at radius 1 is 1.17 bits per heavy atom. The van der Waals surface area contributed by atoms with Gasteiger partial charge in [-0.3, -0.25) is 4.79 Å². The van der Waals surface area contributed by atoms with Crippen LogP contribution in [0.25, 0.3) is 0 Å². The van der Waals surface area contributed by atoms with Gasteiger partial charge >= 0.3 is 0 Å². The molecule has 1 heterocycles. The van der Waals surface area contributed by atoms with E-state index in [1.165, 1.54) is 6.07 Å². The number of carbonyl (C=O) groups is 1. The number of hydrogen-bond donors (Lipinski definition) is 3. The van der Waals surface area contributed by atoms with Crippen LogP contribution in [0.15, 0.2) is 52.1 Å². The summed E-state index contributed by atoms with van der Waals surface area (Å²) >= 11 is 0. The number of guanidine groups is 1. The molecular weight excluding hydrogens is 311 g/mol. The van der Waals surface area contributed by atoms with Gasteiger partial charge in [0.05, 0.1) is 25.9 Å². The molecule has 0 aliphatic heterocycles. The van der Waals surface area contributed by atoms with Gasteiger partial charge in [-0.25, -0.2) is 9.38 Å². The number of amides is 1. The van der Waals surface area contributed by atoms with Crippen molar-refractivity contribution in [1.29, 1.82) is 0 Å². The average molecular weight is 332 g/mol. The molecule has 0 spiro atoms. The number of nitrogens with zero attached hydrogens (tertiary/aromatic N) is 1. The molecule has 128 valence electrons. The molecule has 0 aliphatic carbocycles. The standard InChI is InChI=1S/C17H21FN4O2/c1-2-19-17(21-10-13-6-3-4-8-15(13)18)22-12-16(23)20-11-14-7-5-9-24-14/h3-9H,2,10-12H2,1H3,(H,20,23)(H2,19,21,22). The summed E-state index contributed by atoms with van der Waals surface area (Å²) in [7, 11) is 0. The molecule has 2 aromatic rings. The highest BCUT2D eigenvalue weighted by Gasteiger charge is 2.05. The lowest BCUT2D eigenvalue weighted by Crippen LogP contribution is -2.43. The molecule has 0 saturated heterocycles. The minimum Gasteiger partial charge on any atom is -0.467 e. The number of aliphatic imine (C=N–C) groups is 1. The monoisotopic (exact) mass is 332 g/mol. The van der Waals surface area contributed by atoms with E-state index < -0.39 is 0 Å². The summed E-state index contributed by atoms with van der Waals surface area (Å²) in [5.41, 5.74) is 0.497.